The van der Waals surface area contributed by atoms with Gasteiger partial charge in [0.15, 0.2) is 0 Å². The molecule has 0 fully saturated rings. The van der Waals surface area contributed by atoms with Crippen molar-refractivity contribution in [3.05, 3.63) is 41.0 Å². The third kappa shape index (κ3) is 6.32. The summed E-state index contributed by atoms with van der Waals surface area (Å²) in [5.74, 6) is -0.867. The van der Waals surface area contributed by atoms with Crippen molar-refractivity contribution in [2.45, 2.75) is 13.3 Å². The quantitative estimate of drug-likeness (QED) is 0.342. The second-order valence-corrected chi connectivity index (χ2v) is 4.59. The van der Waals surface area contributed by atoms with Gasteiger partial charge in [-0.15, -0.1) is 0 Å². The predicted octanol–water partition coefficient (Wildman–Crippen LogP) is 1.92. The number of carbonyl (C=O) groups is 2. The Labute approximate surface area is 135 Å². The zero-order valence-corrected chi connectivity index (χ0v) is 13.3. The Morgan fingerprint density at radius 1 is 1.30 bits per heavy atom. The molecule has 0 bridgehead atoms. The summed E-state index contributed by atoms with van der Waals surface area (Å²) in [6.45, 7) is 3.55. The summed E-state index contributed by atoms with van der Waals surface area (Å²) in [5.41, 5.74) is 1.06. The summed E-state index contributed by atoms with van der Waals surface area (Å²) < 4.78 is 9.78. The van der Waals surface area contributed by atoms with Crippen molar-refractivity contribution in [1.29, 1.82) is 5.26 Å². The average Bonchev–Trinajstić information content (AvgIpc) is 2.59. The molecule has 0 saturated heterocycles. The van der Waals surface area contributed by atoms with Crippen LogP contribution in [-0.2, 0) is 14.3 Å². The van der Waals surface area contributed by atoms with E-state index in [9.17, 15) is 9.59 Å². The van der Waals surface area contributed by atoms with Crippen LogP contribution in [0.1, 0.15) is 29.3 Å². The van der Waals surface area contributed by atoms with Gasteiger partial charge in [0.2, 0.25) is 0 Å². The molecule has 1 N–H and O–H groups in total. The zero-order chi connectivity index (χ0) is 17.1. The molecule has 1 aromatic carbocycles. The van der Waals surface area contributed by atoms with Crippen molar-refractivity contribution in [3.8, 4) is 6.07 Å². The lowest BCUT2D eigenvalue weighted by Gasteiger charge is -2.05. The van der Waals surface area contributed by atoms with Gasteiger partial charge in [-0.2, -0.15) is 5.26 Å². The summed E-state index contributed by atoms with van der Waals surface area (Å²) in [7, 11) is 1.31. The molecule has 6 heteroatoms. The van der Waals surface area contributed by atoms with Crippen molar-refractivity contribution < 1.29 is 19.1 Å². The molecule has 0 aromatic heterocycles. The molecule has 0 unspecified atom stereocenters. The molecule has 1 amide bonds. The summed E-state index contributed by atoms with van der Waals surface area (Å²) in [5, 5.41) is 11.8. The largest absolute Gasteiger partial charge is 0.465 e. The first kappa shape index (κ1) is 18.4. The highest BCUT2D eigenvalue weighted by Crippen LogP contribution is 2.10. The molecule has 1 rings (SSSR count). The molecule has 0 radical (unpaired) electrons. The first-order valence-electron chi connectivity index (χ1n) is 7.28. The van der Waals surface area contributed by atoms with E-state index in [0.717, 1.165) is 0 Å². The maximum absolute atomic E-state index is 11.9. The van der Waals surface area contributed by atoms with Gasteiger partial charge < -0.3 is 14.8 Å². The Bertz CT molecular complexity index is 600. The highest BCUT2D eigenvalue weighted by molar-refractivity contribution is 6.01. The fraction of sp³-hybridized carbons (Fsp3) is 0.353. The third-order valence-corrected chi connectivity index (χ3v) is 2.96. The summed E-state index contributed by atoms with van der Waals surface area (Å²) in [6.07, 6.45) is 2.16. The number of methoxy groups -OCH3 is 1. The van der Waals surface area contributed by atoms with Crippen LogP contribution in [0.25, 0.3) is 6.08 Å². The van der Waals surface area contributed by atoms with Crippen LogP contribution < -0.4 is 5.32 Å². The van der Waals surface area contributed by atoms with E-state index in [1.807, 2.05) is 13.0 Å². The van der Waals surface area contributed by atoms with Gasteiger partial charge >= 0.3 is 5.97 Å². The minimum atomic E-state index is -0.437. The van der Waals surface area contributed by atoms with Crippen LogP contribution in [0.4, 0.5) is 0 Å². The van der Waals surface area contributed by atoms with E-state index in [1.54, 1.807) is 24.3 Å². The van der Waals surface area contributed by atoms with E-state index in [4.69, 9.17) is 10.00 Å². The monoisotopic (exact) mass is 316 g/mol. The van der Waals surface area contributed by atoms with Crippen molar-refractivity contribution in [2.75, 3.05) is 26.9 Å². The van der Waals surface area contributed by atoms with E-state index in [1.165, 1.54) is 13.2 Å². The number of carbonyl (C=O) groups excluding carboxylic acids is 2. The van der Waals surface area contributed by atoms with E-state index >= 15 is 0 Å². The summed E-state index contributed by atoms with van der Waals surface area (Å²) in [4.78, 5) is 23.3. The fourth-order valence-corrected chi connectivity index (χ4v) is 1.76. The second-order valence-electron chi connectivity index (χ2n) is 4.59. The van der Waals surface area contributed by atoms with Gasteiger partial charge in [0, 0.05) is 19.8 Å². The van der Waals surface area contributed by atoms with E-state index < -0.39 is 11.9 Å². The number of nitrogens with zero attached hydrogens (tertiary/aromatic N) is 1. The molecule has 1 aromatic rings. The van der Waals surface area contributed by atoms with Crippen LogP contribution in [0.3, 0.4) is 0 Å². The Kier molecular flexibility index (Phi) is 8.11. The molecule has 6 nitrogen and oxygen atoms in total. The van der Waals surface area contributed by atoms with Gasteiger partial charge in [0.1, 0.15) is 11.6 Å². The number of rotatable bonds is 8. The van der Waals surface area contributed by atoms with Crippen molar-refractivity contribution in [2.24, 2.45) is 0 Å². The number of hydrogen-bond acceptors (Lipinski definition) is 5. The standard InChI is InChI=1S/C17H20N2O4/c1-3-23-10-4-9-19-16(20)15(12-18)11-13-5-7-14(8-6-13)17(21)22-2/h5-8,11H,3-4,9-10H2,1-2H3,(H,19,20)/b15-11-. The van der Waals surface area contributed by atoms with Crippen molar-refractivity contribution in [3.63, 3.8) is 0 Å². The maximum Gasteiger partial charge on any atom is 0.337 e. The lowest BCUT2D eigenvalue weighted by Crippen LogP contribution is -2.26. The second kappa shape index (κ2) is 10.1. The minimum absolute atomic E-state index is 0.00669. The number of nitrogens with one attached hydrogen (secondary N) is 1. The number of benzene rings is 1. The Balaban J connectivity index is 2.65. The topological polar surface area (TPSA) is 88.4 Å². The normalized spacial score (nSPS) is 10.7. The average molecular weight is 316 g/mol. The number of hydrogen-bond donors (Lipinski definition) is 1. The maximum atomic E-state index is 11.9. The third-order valence-electron chi connectivity index (χ3n) is 2.96. The molecular weight excluding hydrogens is 296 g/mol. The first-order valence-corrected chi connectivity index (χ1v) is 7.28. The molecule has 0 aliphatic rings. The Morgan fingerprint density at radius 2 is 2.00 bits per heavy atom. The smallest absolute Gasteiger partial charge is 0.337 e. The number of esters is 1. The molecule has 0 spiro atoms. The van der Waals surface area contributed by atoms with Gasteiger partial charge in [-0.3, -0.25) is 4.79 Å². The van der Waals surface area contributed by atoms with Crippen LogP contribution in [0.5, 0.6) is 0 Å². The fourth-order valence-electron chi connectivity index (χ4n) is 1.76. The van der Waals surface area contributed by atoms with Gasteiger partial charge in [-0.05, 0) is 37.1 Å². The molecule has 0 heterocycles. The van der Waals surface area contributed by atoms with Gasteiger partial charge in [-0.1, -0.05) is 12.1 Å². The first-order chi connectivity index (χ1) is 11.1. The highest BCUT2D eigenvalue weighted by atomic mass is 16.5. The molecule has 122 valence electrons. The van der Waals surface area contributed by atoms with Crippen LogP contribution in [0.2, 0.25) is 0 Å². The van der Waals surface area contributed by atoms with Crippen LogP contribution in [0, 0.1) is 11.3 Å². The van der Waals surface area contributed by atoms with Gasteiger partial charge in [-0.25, -0.2) is 4.79 Å². The van der Waals surface area contributed by atoms with Crippen LogP contribution >= 0.6 is 0 Å². The van der Waals surface area contributed by atoms with E-state index in [-0.39, 0.29) is 5.57 Å². The Morgan fingerprint density at radius 3 is 2.57 bits per heavy atom. The molecule has 23 heavy (non-hydrogen) atoms. The van der Waals surface area contributed by atoms with Crippen LogP contribution in [0.15, 0.2) is 29.8 Å². The number of ether oxygens (including phenoxy) is 2. The SMILES string of the molecule is CCOCCCNC(=O)/C(C#N)=C\c1ccc(C(=O)OC)cc1. The predicted molar refractivity (Wildman–Crippen MR) is 85.5 cm³/mol. The highest BCUT2D eigenvalue weighted by Gasteiger charge is 2.09. The molecule has 0 aliphatic heterocycles. The molecular formula is C17H20N2O4. The number of nitriles is 1. The molecule has 0 saturated carbocycles. The summed E-state index contributed by atoms with van der Waals surface area (Å²) >= 11 is 0. The molecule has 0 atom stereocenters. The van der Waals surface area contributed by atoms with E-state index in [2.05, 4.69) is 10.1 Å². The van der Waals surface area contributed by atoms with E-state index in [0.29, 0.717) is 37.3 Å². The van der Waals surface area contributed by atoms with Gasteiger partial charge in [0.25, 0.3) is 5.91 Å². The Hall–Kier alpha value is -2.65. The molecule has 0 aliphatic carbocycles. The summed E-state index contributed by atoms with van der Waals surface area (Å²) in [6, 6.07) is 8.32. The minimum Gasteiger partial charge on any atom is -0.465 e. The van der Waals surface area contributed by atoms with Crippen LogP contribution in [-0.4, -0.2) is 38.7 Å². The zero-order valence-electron chi connectivity index (χ0n) is 13.3. The lowest BCUT2D eigenvalue weighted by atomic mass is 10.1. The lowest BCUT2D eigenvalue weighted by molar-refractivity contribution is -0.117. The van der Waals surface area contributed by atoms with Crippen molar-refractivity contribution in [1.82, 2.24) is 5.32 Å². The van der Waals surface area contributed by atoms with Gasteiger partial charge in [0.05, 0.1) is 12.7 Å². The number of amides is 1. The van der Waals surface area contributed by atoms with Crippen molar-refractivity contribution >= 4 is 18.0 Å².